The van der Waals surface area contributed by atoms with Gasteiger partial charge in [-0.1, -0.05) is 6.42 Å². The van der Waals surface area contributed by atoms with Crippen LogP contribution < -0.4 is 10.6 Å². The van der Waals surface area contributed by atoms with Crippen LogP contribution in [0.4, 0.5) is 11.6 Å². The summed E-state index contributed by atoms with van der Waals surface area (Å²) in [6.07, 6.45) is 4.74. The molecule has 0 spiro atoms. The number of fused-ring (bicyclic) bond motifs is 2. The van der Waals surface area contributed by atoms with E-state index in [9.17, 15) is 4.79 Å². The molecule has 2 aliphatic rings. The first kappa shape index (κ1) is 7.91. The van der Waals surface area contributed by atoms with E-state index in [0.29, 0.717) is 5.88 Å². The second kappa shape index (κ2) is 2.77. The van der Waals surface area contributed by atoms with Crippen molar-refractivity contribution >= 4 is 17.5 Å². The number of hydrogen-bond acceptors (Lipinski definition) is 3. The third kappa shape index (κ3) is 1.03. The van der Waals surface area contributed by atoms with Gasteiger partial charge in [0.1, 0.15) is 5.69 Å². The van der Waals surface area contributed by atoms with E-state index >= 15 is 0 Å². The Morgan fingerprint density at radius 2 is 2.36 bits per heavy atom. The van der Waals surface area contributed by atoms with Crippen LogP contribution in [-0.2, 0) is 4.79 Å². The molecule has 0 aromatic carbocycles. The molecule has 1 aliphatic heterocycles. The van der Waals surface area contributed by atoms with Gasteiger partial charge in [0, 0.05) is 12.1 Å². The molecule has 2 N–H and O–H groups in total. The van der Waals surface area contributed by atoms with Gasteiger partial charge >= 0.3 is 0 Å². The minimum atomic E-state index is 0.109. The standard InChI is InChI=1S/C10H12N2O2/c13-9-6-2-1-3-7(6)12-10-8(11-9)4-5-14-10/h4-7,12H,1-3H2,(H,11,13). The summed E-state index contributed by atoms with van der Waals surface area (Å²) >= 11 is 0. The van der Waals surface area contributed by atoms with Crippen molar-refractivity contribution in [2.75, 3.05) is 10.6 Å². The first-order valence-corrected chi connectivity index (χ1v) is 4.99. The molecule has 2 atom stereocenters. The molecule has 74 valence electrons. The quantitative estimate of drug-likeness (QED) is 0.659. The molecule has 1 aliphatic carbocycles. The fraction of sp³-hybridized carbons (Fsp3) is 0.500. The third-order valence-electron chi connectivity index (χ3n) is 3.09. The molecular weight excluding hydrogens is 180 g/mol. The van der Waals surface area contributed by atoms with E-state index in [-0.39, 0.29) is 17.9 Å². The second-order valence-corrected chi connectivity index (χ2v) is 3.94. The molecular formula is C10H12N2O2. The molecule has 1 aromatic heterocycles. The summed E-state index contributed by atoms with van der Waals surface area (Å²) < 4.78 is 5.27. The van der Waals surface area contributed by atoms with Crippen molar-refractivity contribution in [2.24, 2.45) is 5.92 Å². The summed E-state index contributed by atoms with van der Waals surface area (Å²) in [5, 5.41) is 6.16. The molecule has 4 nitrogen and oxygen atoms in total. The van der Waals surface area contributed by atoms with E-state index in [4.69, 9.17) is 4.42 Å². The average molecular weight is 192 g/mol. The Labute approximate surface area is 81.7 Å². The summed E-state index contributed by atoms with van der Waals surface area (Å²) in [7, 11) is 0. The first-order chi connectivity index (χ1) is 6.84. The monoisotopic (exact) mass is 192 g/mol. The van der Waals surface area contributed by atoms with E-state index < -0.39 is 0 Å². The van der Waals surface area contributed by atoms with Crippen LogP contribution in [0.3, 0.4) is 0 Å². The molecule has 3 rings (SSSR count). The second-order valence-electron chi connectivity index (χ2n) is 3.94. The van der Waals surface area contributed by atoms with Gasteiger partial charge in [-0.3, -0.25) is 4.79 Å². The number of rotatable bonds is 0. The van der Waals surface area contributed by atoms with Gasteiger partial charge in [0.2, 0.25) is 11.8 Å². The molecule has 1 amide bonds. The molecule has 0 saturated heterocycles. The third-order valence-corrected chi connectivity index (χ3v) is 3.09. The van der Waals surface area contributed by atoms with Crippen molar-refractivity contribution in [1.82, 2.24) is 0 Å². The van der Waals surface area contributed by atoms with Gasteiger partial charge in [0.15, 0.2) is 0 Å². The summed E-state index contributed by atoms with van der Waals surface area (Å²) in [6, 6.07) is 2.03. The normalized spacial score (nSPS) is 29.9. The summed E-state index contributed by atoms with van der Waals surface area (Å²) in [5.74, 6) is 0.936. The van der Waals surface area contributed by atoms with Gasteiger partial charge in [-0.25, -0.2) is 0 Å². The zero-order valence-electron chi connectivity index (χ0n) is 7.75. The largest absolute Gasteiger partial charge is 0.447 e. The lowest BCUT2D eigenvalue weighted by atomic mass is 10.0. The molecule has 0 radical (unpaired) electrons. The van der Waals surface area contributed by atoms with Crippen LogP contribution in [-0.4, -0.2) is 11.9 Å². The topological polar surface area (TPSA) is 54.3 Å². The highest BCUT2D eigenvalue weighted by atomic mass is 16.3. The van der Waals surface area contributed by atoms with Gasteiger partial charge < -0.3 is 15.1 Å². The highest BCUT2D eigenvalue weighted by Crippen LogP contribution is 2.35. The number of nitrogens with one attached hydrogen (secondary N) is 2. The van der Waals surface area contributed by atoms with Crippen LogP contribution in [0, 0.1) is 5.92 Å². The minimum absolute atomic E-state index is 0.109. The summed E-state index contributed by atoms with van der Waals surface area (Å²) in [6.45, 7) is 0. The smallest absolute Gasteiger partial charge is 0.229 e. The Kier molecular flexibility index (Phi) is 1.56. The van der Waals surface area contributed by atoms with Crippen molar-refractivity contribution in [3.8, 4) is 0 Å². The predicted octanol–water partition coefficient (Wildman–Crippen LogP) is 1.81. The van der Waals surface area contributed by atoms with Crippen molar-refractivity contribution in [3.05, 3.63) is 12.3 Å². The SMILES string of the molecule is O=C1Nc2ccoc2NC2CCCC12. The number of amides is 1. The van der Waals surface area contributed by atoms with Crippen LogP contribution in [0.15, 0.2) is 16.7 Å². The number of furan rings is 1. The highest BCUT2D eigenvalue weighted by molar-refractivity contribution is 5.97. The van der Waals surface area contributed by atoms with E-state index in [1.807, 2.05) is 0 Å². The molecule has 14 heavy (non-hydrogen) atoms. The Morgan fingerprint density at radius 3 is 3.29 bits per heavy atom. The molecule has 1 saturated carbocycles. The molecule has 0 bridgehead atoms. The lowest BCUT2D eigenvalue weighted by Gasteiger charge is -2.14. The van der Waals surface area contributed by atoms with E-state index in [1.54, 1.807) is 12.3 Å². The maximum Gasteiger partial charge on any atom is 0.229 e. The number of carbonyl (C=O) groups excluding carboxylic acids is 1. The van der Waals surface area contributed by atoms with Crippen molar-refractivity contribution in [3.63, 3.8) is 0 Å². The van der Waals surface area contributed by atoms with Gasteiger partial charge in [-0.05, 0) is 12.8 Å². The fourth-order valence-corrected chi connectivity index (χ4v) is 2.36. The van der Waals surface area contributed by atoms with Crippen molar-refractivity contribution in [2.45, 2.75) is 25.3 Å². The maximum absolute atomic E-state index is 11.8. The van der Waals surface area contributed by atoms with Crippen LogP contribution in [0.2, 0.25) is 0 Å². The van der Waals surface area contributed by atoms with Crippen molar-refractivity contribution in [1.29, 1.82) is 0 Å². The Bertz CT molecular complexity index is 372. The lowest BCUT2D eigenvalue weighted by Crippen LogP contribution is -2.30. The lowest BCUT2D eigenvalue weighted by molar-refractivity contribution is -0.119. The zero-order valence-corrected chi connectivity index (χ0v) is 7.75. The molecule has 2 unspecified atom stereocenters. The van der Waals surface area contributed by atoms with Gasteiger partial charge in [0.05, 0.1) is 12.2 Å². The number of carbonyl (C=O) groups is 1. The van der Waals surface area contributed by atoms with E-state index in [2.05, 4.69) is 10.6 Å². The van der Waals surface area contributed by atoms with Crippen LogP contribution >= 0.6 is 0 Å². The van der Waals surface area contributed by atoms with E-state index in [0.717, 1.165) is 24.9 Å². The molecule has 1 aromatic rings. The fourth-order valence-electron chi connectivity index (χ4n) is 2.36. The van der Waals surface area contributed by atoms with Gasteiger partial charge in [-0.2, -0.15) is 0 Å². The Hall–Kier alpha value is -1.45. The number of hydrogen-bond donors (Lipinski definition) is 2. The van der Waals surface area contributed by atoms with Crippen LogP contribution in [0.5, 0.6) is 0 Å². The minimum Gasteiger partial charge on any atom is -0.447 e. The van der Waals surface area contributed by atoms with Gasteiger partial charge in [-0.15, -0.1) is 0 Å². The maximum atomic E-state index is 11.8. The highest BCUT2D eigenvalue weighted by Gasteiger charge is 2.36. The number of anilines is 2. The zero-order chi connectivity index (χ0) is 9.54. The first-order valence-electron chi connectivity index (χ1n) is 4.99. The molecule has 4 heteroatoms. The summed E-state index contributed by atoms with van der Waals surface area (Å²) in [4.78, 5) is 11.8. The Balaban J connectivity index is 1.98. The average Bonchev–Trinajstić information content (AvgIpc) is 2.75. The van der Waals surface area contributed by atoms with Crippen molar-refractivity contribution < 1.29 is 9.21 Å². The molecule has 1 fully saturated rings. The van der Waals surface area contributed by atoms with Crippen LogP contribution in [0.25, 0.3) is 0 Å². The molecule has 2 heterocycles. The van der Waals surface area contributed by atoms with E-state index in [1.165, 1.54) is 0 Å². The van der Waals surface area contributed by atoms with Crippen LogP contribution in [0.1, 0.15) is 19.3 Å². The van der Waals surface area contributed by atoms with Gasteiger partial charge in [0.25, 0.3) is 0 Å². The Morgan fingerprint density at radius 1 is 1.43 bits per heavy atom. The predicted molar refractivity (Wildman–Crippen MR) is 52.1 cm³/mol. The summed E-state index contributed by atoms with van der Waals surface area (Å²) in [5.41, 5.74) is 0.768.